The van der Waals surface area contributed by atoms with Crippen molar-refractivity contribution < 1.29 is 9.84 Å². The van der Waals surface area contributed by atoms with Crippen molar-refractivity contribution in [3.8, 4) is 0 Å². The molecule has 1 heterocycles. The standard InChI is InChI=1S/C16H23ClO2/c1-16(18,10-2-4-15-5-3-11-19-15)12-13-6-8-14(17)9-7-13/h6-9,15,18H,2-5,10-12H2,1H3. The van der Waals surface area contributed by atoms with Crippen molar-refractivity contribution in [2.24, 2.45) is 0 Å². The second-order valence-corrected chi connectivity index (χ2v) is 6.26. The van der Waals surface area contributed by atoms with Crippen LogP contribution in [0.25, 0.3) is 0 Å². The van der Waals surface area contributed by atoms with Gasteiger partial charge < -0.3 is 9.84 Å². The van der Waals surface area contributed by atoms with Gasteiger partial charge in [0.1, 0.15) is 0 Å². The molecule has 106 valence electrons. The van der Waals surface area contributed by atoms with E-state index < -0.39 is 5.60 Å². The number of hydrogen-bond donors (Lipinski definition) is 1. The van der Waals surface area contributed by atoms with E-state index in [1.165, 1.54) is 12.8 Å². The molecule has 0 aromatic heterocycles. The van der Waals surface area contributed by atoms with E-state index in [-0.39, 0.29) is 0 Å². The molecule has 0 bridgehead atoms. The van der Waals surface area contributed by atoms with Gasteiger partial charge in [-0.15, -0.1) is 0 Å². The van der Waals surface area contributed by atoms with Gasteiger partial charge in [0.15, 0.2) is 0 Å². The summed E-state index contributed by atoms with van der Waals surface area (Å²) >= 11 is 5.86. The van der Waals surface area contributed by atoms with Crippen LogP contribution in [0, 0.1) is 0 Å². The van der Waals surface area contributed by atoms with Crippen molar-refractivity contribution >= 4 is 11.6 Å². The van der Waals surface area contributed by atoms with Crippen LogP contribution in [-0.4, -0.2) is 23.4 Å². The molecule has 1 aliphatic heterocycles. The Hall–Kier alpha value is -0.570. The first kappa shape index (κ1) is 14.8. The zero-order valence-electron chi connectivity index (χ0n) is 11.6. The van der Waals surface area contributed by atoms with Crippen molar-refractivity contribution in [1.29, 1.82) is 0 Å². The van der Waals surface area contributed by atoms with Crippen LogP contribution < -0.4 is 0 Å². The Labute approximate surface area is 120 Å². The minimum Gasteiger partial charge on any atom is -0.390 e. The highest BCUT2D eigenvalue weighted by Crippen LogP contribution is 2.24. The van der Waals surface area contributed by atoms with Crippen LogP contribution >= 0.6 is 11.6 Å². The third kappa shape index (κ3) is 5.13. The fraction of sp³-hybridized carbons (Fsp3) is 0.625. The molecule has 0 aliphatic carbocycles. The number of ether oxygens (including phenoxy) is 1. The van der Waals surface area contributed by atoms with Gasteiger partial charge in [-0.1, -0.05) is 23.7 Å². The van der Waals surface area contributed by atoms with Gasteiger partial charge in [-0.3, -0.25) is 0 Å². The second kappa shape index (κ2) is 6.74. The lowest BCUT2D eigenvalue weighted by molar-refractivity contribution is 0.0406. The zero-order chi connectivity index (χ0) is 13.7. The molecule has 0 spiro atoms. The molecule has 1 saturated heterocycles. The first-order chi connectivity index (χ1) is 9.05. The van der Waals surface area contributed by atoms with Crippen molar-refractivity contribution in [2.75, 3.05) is 6.61 Å². The van der Waals surface area contributed by atoms with E-state index in [4.69, 9.17) is 16.3 Å². The summed E-state index contributed by atoms with van der Waals surface area (Å²) in [5, 5.41) is 11.2. The monoisotopic (exact) mass is 282 g/mol. The van der Waals surface area contributed by atoms with E-state index in [1.54, 1.807) is 0 Å². The van der Waals surface area contributed by atoms with E-state index in [9.17, 15) is 5.11 Å². The van der Waals surface area contributed by atoms with Crippen molar-refractivity contribution in [1.82, 2.24) is 0 Å². The molecule has 1 fully saturated rings. The van der Waals surface area contributed by atoms with E-state index in [0.717, 1.165) is 36.5 Å². The lowest BCUT2D eigenvalue weighted by Gasteiger charge is -2.24. The average Bonchev–Trinajstić information content (AvgIpc) is 2.85. The van der Waals surface area contributed by atoms with Crippen LogP contribution in [-0.2, 0) is 11.2 Å². The number of benzene rings is 1. The Balaban J connectivity index is 1.75. The molecule has 1 N–H and O–H groups in total. The van der Waals surface area contributed by atoms with E-state index in [1.807, 2.05) is 31.2 Å². The van der Waals surface area contributed by atoms with Gasteiger partial charge in [0, 0.05) is 18.1 Å². The molecule has 2 atom stereocenters. The fourth-order valence-electron chi connectivity index (χ4n) is 2.71. The Morgan fingerprint density at radius 2 is 2.11 bits per heavy atom. The maximum atomic E-state index is 10.4. The second-order valence-electron chi connectivity index (χ2n) is 5.83. The molecule has 0 saturated carbocycles. The van der Waals surface area contributed by atoms with Crippen LogP contribution in [0.1, 0.15) is 44.6 Å². The highest BCUT2D eigenvalue weighted by Gasteiger charge is 2.22. The summed E-state index contributed by atoms with van der Waals surface area (Å²) in [4.78, 5) is 0. The van der Waals surface area contributed by atoms with Crippen molar-refractivity contribution in [3.63, 3.8) is 0 Å². The van der Waals surface area contributed by atoms with E-state index in [2.05, 4.69) is 0 Å². The van der Waals surface area contributed by atoms with E-state index in [0.29, 0.717) is 12.5 Å². The zero-order valence-corrected chi connectivity index (χ0v) is 12.3. The van der Waals surface area contributed by atoms with Gasteiger partial charge in [0.25, 0.3) is 0 Å². The third-order valence-electron chi connectivity index (χ3n) is 3.76. The molecular formula is C16H23ClO2. The number of rotatable bonds is 6. The van der Waals surface area contributed by atoms with Crippen molar-refractivity contribution in [3.05, 3.63) is 34.9 Å². The molecule has 0 amide bonds. The maximum absolute atomic E-state index is 10.4. The lowest BCUT2D eigenvalue weighted by Crippen LogP contribution is -2.27. The number of halogens is 1. The summed E-state index contributed by atoms with van der Waals surface area (Å²) in [6.07, 6.45) is 6.37. The van der Waals surface area contributed by atoms with Crippen LogP contribution in [0.2, 0.25) is 5.02 Å². The maximum Gasteiger partial charge on any atom is 0.0660 e. The molecule has 2 rings (SSSR count). The molecule has 2 unspecified atom stereocenters. The molecule has 1 aromatic rings. The van der Waals surface area contributed by atoms with Gasteiger partial charge in [-0.2, -0.15) is 0 Å². The normalized spacial score (nSPS) is 22.4. The molecule has 2 nitrogen and oxygen atoms in total. The summed E-state index contributed by atoms with van der Waals surface area (Å²) in [5.74, 6) is 0. The predicted molar refractivity (Wildman–Crippen MR) is 78.6 cm³/mol. The van der Waals surface area contributed by atoms with Gasteiger partial charge in [-0.25, -0.2) is 0 Å². The number of hydrogen-bond acceptors (Lipinski definition) is 2. The summed E-state index contributed by atoms with van der Waals surface area (Å²) in [6.45, 7) is 2.82. The Morgan fingerprint density at radius 1 is 1.37 bits per heavy atom. The summed E-state index contributed by atoms with van der Waals surface area (Å²) < 4.78 is 5.60. The molecule has 19 heavy (non-hydrogen) atoms. The molecule has 3 heteroatoms. The van der Waals surface area contributed by atoms with Gasteiger partial charge >= 0.3 is 0 Å². The molecule has 0 radical (unpaired) electrons. The first-order valence-electron chi connectivity index (χ1n) is 7.14. The first-order valence-corrected chi connectivity index (χ1v) is 7.51. The van der Waals surface area contributed by atoms with Gasteiger partial charge in [0.2, 0.25) is 0 Å². The topological polar surface area (TPSA) is 29.5 Å². The highest BCUT2D eigenvalue weighted by molar-refractivity contribution is 6.30. The van der Waals surface area contributed by atoms with Gasteiger partial charge in [0.05, 0.1) is 11.7 Å². The van der Waals surface area contributed by atoms with Crippen molar-refractivity contribution in [2.45, 2.75) is 57.2 Å². The van der Waals surface area contributed by atoms with Gasteiger partial charge in [-0.05, 0) is 56.7 Å². The predicted octanol–water partition coefficient (Wildman–Crippen LogP) is 3.98. The van der Waals surface area contributed by atoms with Crippen LogP contribution in [0.5, 0.6) is 0 Å². The quantitative estimate of drug-likeness (QED) is 0.855. The Morgan fingerprint density at radius 3 is 2.74 bits per heavy atom. The molecule has 1 aromatic carbocycles. The smallest absolute Gasteiger partial charge is 0.0660 e. The summed E-state index contributed by atoms with van der Waals surface area (Å²) in [7, 11) is 0. The van der Waals surface area contributed by atoms with Crippen LogP contribution in [0.15, 0.2) is 24.3 Å². The Kier molecular flexibility index (Phi) is 5.26. The molecule has 1 aliphatic rings. The third-order valence-corrected chi connectivity index (χ3v) is 4.02. The lowest BCUT2D eigenvalue weighted by atomic mass is 9.90. The Bertz CT molecular complexity index is 380. The minimum absolute atomic E-state index is 0.423. The average molecular weight is 283 g/mol. The van der Waals surface area contributed by atoms with Crippen LogP contribution in [0.4, 0.5) is 0 Å². The fourth-order valence-corrected chi connectivity index (χ4v) is 2.84. The largest absolute Gasteiger partial charge is 0.390 e. The van der Waals surface area contributed by atoms with E-state index >= 15 is 0 Å². The minimum atomic E-state index is -0.646. The number of aliphatic hydroxyl groups is 1. The summed E-state index contributed by atoms with van der Waals surface area (Å²) in [6, 6.07) is 7.71. The highest BCUT2D eigenvalue weighted by atomic mass is 35.5. The molecular weight excluding hydrogens is 260 g/mol. The SMILES string of the molecule is CC(O)(CCCC1CCCO1)Cc1ccc(Cl)cc1. The van der Waals surface area contributed by atoms with Crippen LogP contribution in [0.3, 0.4) is 0 Å². The summed E-state index contributed by atoms with van der Waals surface area (Å²) in [5.41, 5.74) is 0.485.